The van der Waals surface area contributed by atoms with Crippen LogP contribution in [0.15, 0.2) is 62.6 Å². The van der Waals surface area contributed by atoms with Gasteiger partial charge in [-0.15, -0.1) is 4.40 Å². The molecule has 1 aromatic heterocycles. The Balaban J connectivity index is 1.97. The van der Waals surface area contributed by atoms with Gasteiger partial charge in [0.25, 0.3) is 15.6 Å². The first-order valence-electron chi connectivity index (χ1n) is 8.87. The number of aromatic hydroxyl groups is 1. The number of nitrogens with zero attached hydrogens (tertiary/aromatic N) is 3. The zero-order valence-corrected chi connectivity index (χ0v) is 16.0. The first kappa shape index (κ1) is 18.7. The SMILES string of the molecule is N#CCCCn1c(=O)c(C2=NS(=O)(=O)c3ccccc3N2)c(O)c2ccccc21. The number of aromatic nitrogens is 1. The summed E-state index contributed by atoms with van der Waals surface area (Å²) in [7, 11) is -4.04. The van der Waals surface area contributed by atoms with Crippen LogP contribution in [0.25, 0.3) is 10.9 Å². The highest BCUT2D eigenvalue weighted by Gasteiger charge is 2.29. The van der Waals surface area contributed by atoms with Crippen LogP contribution in [-0.2, 0) is 16.6 Å². The maximum Gasteiger partial charge on any atom is 0.286 e. The molecule has 0 aliphatic carbocycles. The molecule has 0 atom stereocenters. The van der Waals surface area contributed by atoms with Gasteiger partial charge in [-0.25, -0.2) is 0 Å². The molecule has 0 spiro atoms. The molecular formula is C20H16N4O4S. The van der Waals surface area contributed by atoms with Gasteiger partial charge < -0.3 is 15.0 Å². The van der Waals surface area contributed by atoms with E-state index in [9.17, 15) is 18.3 Å². The molecular weight excluding hydrogens is 392 g/mol. The van der Waals surface area contributed by atoms with Crippen molar-refractivity contribution in [3.05, 3.63) is 64.4 Å². The highest BCUT2D eigenvalue weighted by molar-refractivity contribution is 7.90. The lowest BCUT2D eigenvalue weighted by molar-refractivity contribution is 0.477. The first-order chi connectivity index (χ1) is 13.9. The molecule has 9 heteroatoms. The van der Waals surface area contributed by atoms with Gasteiger partial charge in [-0.3, -0.25) is 4.79 Å². The number of aryl methyl sites for hydroxylation is 1. The smallest absolute Gasteiger partial charge is 0.286 e. The first-order valence-corrected chi connectivity index (χ1v) is 10.3. The Morgan fingerprint density at radius 2 is 1.86 bits per heavy atom. The molecule has 1 aliphatic heterocycles. The maximum atomic E-state index is 13.2. The van der Waals surface area contributed by atoms with Gasteiger partial charge in [-0.05, 0) is 30.7 Å². The number of para-hydroxylation sites is 2. The molecule has 2 heterocycles. The lowest BCUT2D eigenvalue weighted by Crippen LogP contribution is -2.32. The van der Waals surface area contributed by atoms with E-state index in [1.54, 1.807) is 42.5 Å². The second-order valence-electron chi connectivity index (χ2n) is 6.50. The van der Waals surface area contributed by atoms with Crippen LogP contribution in [0.3, 0.4) is 0 Å². The van der Waals surface area contributed by atoms with Crippen LogP contribution in [0.2, 0.25) is 0 Å². The quantitative estimate of drug-likeness (QED) is 0.639. The minimum Gasteiger partial charge on any atom is -0.506 e. The number of sulfonamides is 1. The minimum absolute atomic E-state index is 0.00150. The molecule has 8 nitrogen and oxygen atoms in total. The van der Waals surface area contributed by atoms with Crippen LogP contribution >= 0.6 is 0 Å². The molecule has 0 amide bonds. The van der Waals surface area contributed by atoms with Crippen LogP contribution < -0.4 is 10.9 Å². The number of hydrogen-bond acceptors (Lipinski definition) is 6. The van der Waals surface area contributed by atoms with E-state index >= 15 is 0 Å². The Hall–Kier alpha value is -3.64. The summed E-state index contributed by atoms with van der Waals surface area (Å²) in [5.74, 6) is -0.575. The fourth-order valence-electron chi connectivity index (χ4n) is 3.36. The molecule has 3 aromatic rings. The number of anilines is 1. The van der Waals surface area contributed by atoms with Gasteiger partial charge in [0.05, 0.1) is 17.3 Å². The number of fused-ring (bicyclic) bond motifs is 2. The molecule has 29 heavy (non-hydrogen) atoms. The normalized spacial score (nSPS) is 14.5. The van der Waals surface area contributed by atoms with Gasteiger partial charge in [0, 0.05) is 18.4 Å². The zero-order valence-electron chi connectivity index (χ0n) is 15.2. The van der Waals surface area contributed by atoms with E-state index in [0.29, 0.717) is 17.3 Å². The fourth-order valence-corrected chi connectivity index (χ4v) is 4.49. The minimum atomic E-state index is -4.04. The number of nitriles is 1. The molecule has 146 valence electrons. The molecule has 0 saturated heterocycles. The van der Waals surface area contributed by atoms with Crippen LogP contribution in [-0.4, -0.2) is 23.9 Å². The van der Waals surface area contributed by atoms with E-state index in [2.05, 4.69) is 9.71 Å². The molecule has 0 radical (unpaired) electrons. The molecule has 1 aliphatic rings. The van der Waals surface area contributed by atoms with E-state index in [0.717, 1.165) is 0 Å². The van der Waals surface area contributed by atoms with E-state index in [4.69, 9.17) is 5.26 Å². The number of pyridine rings is 1. The van der Waals surface area contributed by atoms with Crippen molar-refractivity contribution in [3.63, 3.8) is 0 Å². The Morgan fingerprint density at radius 1 is 1.14 bits per heavy atom. The second kappa shape index (κ2) is 7.07. The number of nitrogens with one attached hydrogen (secondary N) is 1. The van der Waals surface area contributed by atoms with Crippen LogP contribution in [0.5, 0.6) is 5.75 Å². The van der Waals surface area contributed by atoms with Gasteiger partial charge in [0.1, 0.15) is 16.2 Å². The average molecular weight is 408 g/mol. The van der Waals surface area contributed by atoms with Crippen LogP contribution in [0, 0.1) is 11.3 Å². The summed E-state index contributed by atoms with van der Waals surface area (Å²) >= 11 is 0. The number of unbranched alkanes of at least 4 members (excludes halogenated alkanes) is 1. The van der Waals surface area contributed by atoms with Crippen molar-refractivity contribution in [1.29, 1.82) is 5.26 Å². The van der Waals surface area contributed by atoms with E-state index in [-0.39, 0.29) is 40.7 Å². The maximum absolute atomic E-state index is 13.2. The fraction of sp³-hybridized carbons (Fsp3) is 0.150. The van der Waals surface area contributed by atoms with Gasteiger partial charge in [0.2, 0.25) is 0 Å². The van der Waals surface area contributed by atoms with Crippen molar-refractivity contribution < 1.29 is 13.5 Å². The summed E-state index contributed by atoms with van der Waals surface area (Å²) in [6.45, 7) is 0.247. The lowest BCUT2D eigenvalue weighted by atomic mass is 10.1. The van der Waals surface area contributed by atoms with Crippen molar-refractivity contribution in [2.45, 2.75) is 24.3 Å². The van der Waals surface area contributed by atoms with Crippen molar-refractivity contribution in [2.75, 3.05) is 5.32 Å². The van der Waals surface area contributed by atoms with Crippen molar-refractivity contribution in [3.8, 4) is 11.8 Å². The van der Waals surface area contributed by atoms with Crippen LogP contribution in [0.1, 0.15) is 18.4 Å². The van der Waals surface area contributed by atoms with Gasteiger partial charge in [-0.2, -0.15) is 13.7 Å². The zero-order chi connectivity index (χ0) is 20.6. The largest absolute Gasteiger partial charge is 0.506 e. The summed E-state index contributed by atoms with van der Waals surface area (Å²) in [5, 5.41) is 22.9. The third kappa shape index (κ3) is 3.13. The molecule has 0 saturated carbocycles. The summed E-state index contributed by atoms with van der Waals surface area (Å²) < 4.78 is 30.3. The summed E-state index contributed by atoms with van der Waals surface area (Å²) in [5.41, 5.74) is -0.0319. The average Bonchev–Trinajstić information content (AvgIpc) is 2.70. The molecule has 2 N–H and O–H groups in total. The Labute approximate surface area is 166 Å². The van der Waals surface area contributed by atoms with Crippen molar-refractivity contribution >= 4 is 32.4 Å². The molecule has 4 rings (SSSR count). The summed E-state index contributed by atoms with van der Waals surface area (Å²) in [4.78, 5) is 13.2. The third-order valence-electron chi connectivity index (χ3n) is 4.68. The highest BCUT2D eigenvalue weighted by atomic mass is 32.2. The Morgan fingerprint density at radius 3 is 2.66 bits per heavy atom. The topological polar surface area (TPSA) is 125 Å². The van der Waals surface area contributed by atoms with E-state index in [1.165, 1.54) is 10.6 Å². The molecule has 0 bridgehead atoms. The number of benzene rings is 2. The van der Waals surface area contributed by atoms with E-state index in [1.807, 2.05) is 6.07 Å². The van der Waals surface area contributed by atoms with Gasteiger partial charge in [0.15, 0.2) is 5.84 Å². The Bertz CT molecular complexity index is 1370. The standard InChI is InChI=1S/C20H16N4O4S/c21-11-5-6-12-24-15-9-3-1-7-13(15)18(25)17(20(24)26)19-22-14-8-2-4-10-16(14)29(27,28)23-19/h1-4,7-10,25H,5-6,12H2,(H,22,23). The highest BCUT2D eigenvalue weighted by Crippen LogP contribution is 2.32. The molecule has 0 unspecified atom stereocenters. The lowest BCUT2D eigenvalue weighted by Gasteiger charge is -2.20. The van der Waals surface area contributed by atoms with Crippen molar-refractivity contribution in [1.82, 2.24) is 4.57 Å². The monoisotopic (exact) mass is 408 g/mol. The van der Waals surface area contributed by atoms with Gasteiger partial charge in [-0.1, -0.05) is 24.3 Å². The predicted octanol–water partition coefficient (Wildman–Crippen LogP) is 2.57. The predicted molar refractivity (Wildman–Crippen MR) is 109 cm³/mol. The van der Waals surface area contributed by atoms with Crippen molar-refractivity contribution in [2.24, 2.45) is 4.40 Å². The second-order valence-corrected chi connectivity index (χ2v) is 8.07. The number of amidine groups is 1. The third-order valence-corrected chi connectivity index (χ3v) is 6.02. The number of rotatable bonds is 4. The molecule has 2 aromatic carbocycles. The summed E-state index contributed by atoms with van der Waals surface area (Å²) in [6, 6.07) is 15.0. The Kier molecular flexibility index (Phi) is 4.56. The van der Waals surface area contributed by atoms with Gasteiger partial charge >= 0.3 is 0 Å². The van der Waals surface area contributed by atoms with E-state index < -0.39 is 15.6 Å². The summed E-state index contributed by atoms with van der Waals surface area (Å²) in [6.07, 6.45) is 0.698. The molecule has 0 fully saturated rings. The van der Waals surface area contributed by atoms with Crippen LogP contribution in [0.4, 0.5) is 5.69 Å². The number of hydrogen-bond donors (Lipinski definition) is 2.